The van der Waals surface area contributed by atoms with Crippen molar-refractivity contribution in [2.45, 2.75) is 71.0 Å². The molecule has 1 aromatic rings. The summed E-state index contributed by atoms with van der Waals surface area (Å²) in [7, 11) is 0. The van der Waals surface area contributed by atoms with Crippen LogP contribution in [0.1, 0.15) is 58.1 Å². The van der Waals surface area contributed by atoms with E-state index in [0.717, 1.165) is 43.2 Å². The van der Waals surface area contributed by atoms with Crippen LogP contribution in [0.2, 0.25) is 0 Å². The van der Waals surface area contributed by atoms with Crippen LogP contribution in [-0.2, 0) is 16.1 Å². The van der Waals surface area contributed by atoms with Crippen molar-refractivity contribution in [2.75, 3.05) is 18.0 Å². The number of nitrogens with one attached hydrogen (secondary N) is 1. The molecular formula is C18H28N4O2S. The number of likely N-dealkylation sites (tertiary alicyclic amines) is 1. The summed E-state index contributed by atoms with van der Waals surface area (Å²) in [4.78, 5) is 32.8. The molecule has 1 aliphatic heterocycles. The van der Waals surface area contributed by atoms with E-state index in [2.05, 4.69) is 15.6 Å². The van der Waals surface area contributed by atoms with Crippen LogP contribution in [0.15, 0.2) is 5.38 Å². The molecule has 1 atom stereocenters. The number of thiazole rings is 1. The Morgan fingerprint density at radius 3 is 2.84 bits per heavy atom. The fourth-order valence-corrected chi connectivity index (χ4v) is 4.48. The summed E-state index contributed by atoms with van der Waals surface area (Å²) in [6.45, 7) is 6.02. The second-order valence-corrected chi connectivity index (χ2v) is 7.86. The van der Waals surface area contributed by atoms with Gasteiger partial charge in [-0.3, -0.25) is 19.4 Å². The molecule has 6 nitrogen and oxygen atoms in total. The van der Waals surface area contributed by atoms with Crippen molar-refractivity contribution >= 4 is 28.3 Å². The Kier molecular flexibility index (Phi) is 6.06. The normalized spacial score (nSPS) is 21.1. The van der Waals surface area contributed by atoms with Crippen molar-refractivity contribution in [1.82, 2.24) is 15.2 Å². The van der Waals surface area contributed by atoms with Crippen molar-refractivity contribution in [1.29, 1.82) is 0 Å². The molecule has 1 N–H and O–H groups in total. The second kappa shape index (κ2) is 8.27. The fraction of sp³-hybridized carbons (Fsp3) is 0.722. The average Bonchev–Trinajstić information content (AvgIpc) is 3.28. The highest BCUT2D eigenvalue weighted by Crippen LogP contribution is 2.34. The third kappa shape index (κ3) is 4.79. The van der Waals surface area contributed by atoms with Gasteiger partial charge in [-0.25, -0.2) is 4.98 Å². The van der Waals surface area contributed by atoms with Gasteiger partial charge in [0.25, 0.3) is 0 Å². The summed E-state index contributed by atoms with van der Waals surface area (Å²) in [5.74, 6) is 0.213. The molecule has 2 aliphatic rings. The number of nitrogens with zero attached hydrogens (tertiary/aromatic N) is 3. The summed E-state index contributed by atoms with van der Waals surface area (Å²) in [6, 6.07) is 0.634. The van der Waals surface area contributed by atoms with Gasteiger partial charge in [0.05, 0.1) is 5.69 Å². The molecule has 1 aliphatic carbocycles. The first-order valence-electron chi connectivity index (χ1n) is 9.33. The molecule has 0 aromatic carbocycles. The van der Waals surface area contributed by atoms with E-state index in [-0.39, 0.29) is 17.9 Å². The first-order valence-corrected chi connectivity index (χ1v) is 10.2. The van der Waals surface area contributed by atoms with Gasteiger partial charge < -0.3 is 5.32 Å². The molecule has 2 heterocycles. The van der Waals surface area contributed by atoms with Crippen LogP contribution in [0.5, 0.6) is 0 Å². The number of rotatable bonds is 7. The average molecular weight is 365 g/mol. The fourth-order valence-electron chi connectivity index (χ4n) is 3.55. The van der Waals surface area contributed by atoms with Gasteiger partial charge in [-0.05, 0) is 39.2 Å². The van der Waals surface area contributed by atoms with E-state index in [1.807, 2.05) is 11.8 Å². The minimum Gasteiger partial charge on any atom is -0.356 e. The summed E-state index contributed by atoms with van der Waals surface area (Å²) in [5.41, 5.74) is 1.01. The van der Waals surface area contributed by atoms with Crippen molar-refractivity contribution in [3.8, 4) is 0 Å². The summed E-state index contributed by atoms with van der Waals surface area (Å²) >= 11 is 1.55. The zero-order valence-electron chi connectivity index (χ0n) is 15.2. The van der Waals surface area contributed by atoms with Crippen molar-refractivity contribution in [2.24, 2.45) is 0 Å². The Labute approximate surface area is 153 Å². The summed E-state index contributed by atoms with van der Waals surface area (Å²) < 4.78 is 0. The van der Waals surface area contributed by atoms with Crippen molar-refractivity contribution in [3.05, 3.63) is 11.1 Å². The van der Waals surface area contributed by atoms with E-state index in [1.165, 1.54) is 12.8 Å². The number of hydrogen-bond donors (Lipinski definition) is 1. The first kappa shape index (κ1) is 18.3. The Balaban J connectivity index is 1.63. The maximum atomic E-state index is 12.0. The highest BCUT2D eigenvalue weighted by molar-refractivity contribution is 7.14. The number of piperidine rings is 1. The van der Waals surface area contributed by atoms with Gasteiger partial charge in [0.2, 0.25) is 11.8 Å². The molecule has 0 radical (unpaired) electrons. The molecule has 1 unspecified atom stereocenters. The minimum atomic E-state index is 0.0792. The van der Waals surface area contributed by atoms with E-state index in [0.29, 0.717) is 19.0 Å². The van der Waals surface area contributed by atoms with Crippen molar-refractivity contribution < 1.29 is 9.59 Å². The van der Waals surface area contributed by atoms with Crippen LogP contribution < -0.4 is 10.2 Å². The molecule has 2 amide bonds. The standard InChI is InChI=1S/C18H28N4O2S/c1-3-19-17(24)10-16-6-4-5-9-21(16)11-14-12-25-18(20-14)22(13(2)23)15-7-8-15/h12,15-16H,3-11H2,1-2H3,(H,19,24). The number of aromatic nitrogens is 1. The third-order valence-corrected chi connectivity index (χ3v) is 5.79. The maximum absolute atomic E-state index is 12.0. The molecule has 3 rings (SSSR count). The molecule has 2 fully saturated rings. The van der Waals surface area contributed by atoms with Gasteiger partial charge >= 0.3 is 0 Å². The second-order valence-electron chi connectivity index (χ2n) is 7.02. The van der Waals surface area contributed by atoms with Crippen LogP contribution in [0.3, 0.4) is 0 Å². The van der Waals surface area contributed by atoms with E-state index >= 15 is 0 Å². The lowest BCUT2D eigenvalue weighted by Gasteiger charge is -2.34. The highest BCUT2D eigenvalue weighted by atomic mass is 32.1. The Morgan fingerprint density at radius 1 is 1.36 bits per heavy atom. The molecule has 1 saturated heterocycles. The monoisotopic (exact) mass is 364 g/mol. The predicted molar refractivity (Wildman–Crippen MR) is 99.6 cm³/mol. The molecule has 1 saturated carbocycles. The van der Waals surface area contributed by atoms with E-state index in [9.17, 15) is 9.59 Å². The van der Waals surface area contributed by atoms with Gasteiger partial charge in [0, 0.05) is 43.9 Å². The predicted octanol–water partition coefficient (Wildman–Crippen LogP) is 2.54. The van der Waals surface area contributed by atoms with Gasteiger partial charge in [0.1, 0.15) is 0 Å². The molecule has 7 heteroatoms. The Bertz CT molecular complexity index is 614. The van der Waals surface area contributed by atoms with Gasteiger partial charge in [-0.15, -0.1) is 11.3 Å². The van der Waals surface area contributed by atoms with E-state index in [1.54, 1.807) is 18.3 Å². The quantitative estimate of drug-likeness (QED) is 0.807. The molecule has 25 heavy (non-hydrogen) atoms. The molecular weight excluding hydrogens is 336 g/mol. The van der Waals surface area contributed by atoms with Crippen LogP contribution in [0, 0.1) is 0 Å². The van der Waals surface area contributed by atoms with Crippen LogP contribution in [0.4, 0.5) is 5.13 Å². The zero-order chi connectivity index (χ0) is 17.8. The smallest absolute Gasteiger partial charge is 0.225 e. The van der Waals surface area contributed by atoms with E-state index < -0.39 is 0 Å². The Morgan fingerprint density at radius 2 is 2.16 bits per heavy atom. The zero-order valence-corrected chi connectivity index (χ0v) is 16.0. The van der Waals surface area contributed by atoms with Crippen LogP contribution in [0.25, 0.3) is 0 Å². The number of carbonyl (C=O) groups excluding carboxylic acids is 2. The topological polar surface area (TPSA) is 65.5 Å². The lowest BCUT2D eigenvalue weighted by atomic mass is 9.99. The SMILES string of the molecule is CCNC(=O)CC1CCCCN1Cc1csc(N(C(C)=O)C2CC2)n1. The molecule has 0 spiro atoms. The van der Waals surface area contributed by atoms with Gasteiger partial charge in [-0.1, -0.05) is 6.42 Å². The van der Waals surface area contributed by atoms with Crippen LogP contribution in [-0.4, -0.2) is 46.9 Å². The molecule has 0 bridgehead atoms. The largest absolute Gasteiger partial charge is 0.356 e. The van der Waals surface area contributed by atoms with Crippen LogP contribution >= 0.6 is 11.3 Å². The number of anilines is 1. The maximum Gasteiger partial charge on any atom is 0.225 e. The minimum absolute atomic E-state index is 0.0792. The number of amides is 2. The van der Waals surface area contributed by atoms with Crippen molar-refractivity contribution in [3.63, 3.8) is 0 Å². The van der Waals surface area contributed by atoms with E-state index in [4.69, 9.17) is 4.98 Å². The van der Waals surface area contributed by atoms with Gasteiger partial charge in [-0.2, -0.15) is 0 Å². The highest BCUT2D eigenvalue weighted by Gasteiger charge is 2.34. The number of hydrogen-bond acceptors (Lipinski definition) is 5. The van der Waals surface area contributed by atoms with Gasteiger partial charge in [0.15, 0.2) is 5.13 Å². The summed E-state index contributed by atoms with van der Waals surface area (Å²) in [5, 5.41) is 5.79. The summed E-state index contributed by atoms with van der Waals surface area (Å²) in [6.07, 6.45) is 6.14. The lowest BCUT2D eigenvalue weighted by molar-refractivity contribution is -0.122. The number of carbonyl (C=O) groups is 2. The molecule has 138 valence electrons. The first-order chi connectivity index (χ1) is 12.1. The third-order valence-electron chi connectivity index (χ3n) is 4.91. The lowest BCUT2D eigenvalue weighted by Crippen LogP contribution is -2.42. The Hall–Kier alpha value is -1.47. The molecule has 1 aromatic heterocycles.